The van der Waals surface area contributed by atoms with Crippen molar-refractivity contribution in [3.63, 3.8) is 0 Å². The molecule has 1 aliphatic heterocycles. The van der Waals surface area contributed by atoms with E-state index in [1.165, 1.54) is 33.8 Å². The quantitative estimate of drug-likeness (QED) is 0.610. The third-order valence-electron chi connectivity index (χ3n) is 4.50. The zero-order chi connectivity index (χ0) is 19.8. The summed E-state index contributed by atoms with van der Waals surface area (Å²) in [5, 5.41) is 3.42. The van der Waals surface area contributed by atoms with Gasteiger partial charge in [0, 0.05) is 19.2 Å². The molecule has 2 N–H and O–H groups in total. The molecule has 10 heteroatoms. The average molecular weight is 439 g/mol. The van der Waals surface area contributed by atoms with Gasteiger partial charge in [0.2, 0.25) is 5.91 Å². The Labute approximate surface area is 173 Å². The van der Waals surface area contributed by atoms with Gasteiger partial charge in [-0.05, 0) is 30.3 Å². The SMILES string of the molecule is CN1C(C(=O)Nc2ccc(F)c(Cl)c2)CC(c2nc3ccccc3s2)N[S+]1[O-]. The summed E-state index contributed by atoms with van der Waals surface area (Å²) in [6.07, 6.45) is 0.392. The Morgan fingerprint density at radius 3 is 2.96 bits per heavy atom. The van der Waals surface area contributed by atoms with Crippen LogP contribution in [0.5, 0.6) is 0 Å². The van der Waals surface area contributed by atoms with Crippen LogP contribution in [0.2, 0.25) is 5.02 Å². The number of nitrogens with zero attached hydrogens (tertiary/aromatic N) is 2. The van der Waals surface area contributed by atoms with Crippen LogP contribution in [0.15, 0.2) is 42.5 Å². The number of benzene rings is 2. The number of amides is 1. The van der Waals surface area contributed by atoms with Crippen LogP contribution in [0, 0.1) is 5.82 Å². The monoisotopic (exact) mass is 438 g/mol. The van der Waals surface area contributed by atoms with Gasteiger partial charge in [0.1, 0.15) is 34.5 Å². The van der Waals surface area contributed by atoms with E-state index in [1.54, 1.807) is 7.05 Å². The van der Waals surface area contributed by atoms with E-state index in [1.807, 2.05) is 24.3 Å². The largest absolute Gasteiger partial charge is 0.579 e. The molecule has 6 nitrogen and oxygen atoms in total. The number of hydrogen-bond acceptors (Lipinski definition) is 6. The maximum Gasteiger partial charge on any atom is 0.246 e. The van der Waals surface area contributed by atoms with Crippen LogP contribution in [0.3, 0.4) is 0 Å². The van der Waals surface area contributed by atoms with Crippen molar-refractivity contribution in [2.45, 2.75) is 18.5 Å². The highest BCUT2D eigenvalue weighted by atomic mass is 35.5. The minimum Gasteiger partial charge on any atom is -0.579 e. The fraction of sp³-hybridized carbons (Fsp3) is 0.222. The molecule has 1 aromatic heterocycles. The maximum absolute atomic E-state index is 13.3. The number of aromatic nitrogens is 1. The topological polar surface area (TPSA) is 80.3 Å². The minimum atomic E-state index is -1.55. The number of carbonyl (C=O) groups is 1. The molecule has 3 aromatic rings. The molecule has 0 aliphatic carbocycles. The number of fused-ring (bicyclic) bond motifs is 1. The van der Waals surface area contributed by atoms with Crippen LogP contribution in [0.4, 0.5) is 10.1 Å². The molecule has 4 rings (SSSR count). The number of halogens is 2. The van der Waals surface area contributed by atoms with Crippen LogP contribution in [0.25, 0.3) is 10.2 Å². The third-order valence-corrected chi connectivity index (χ3v) is 7.20. The number of rotatable bonds is 3. The third kappa shape index (κ3) is 3.86. The number of likely N-dealkylation sites (N-methyl/N-ethyl adjacent to an activating group) is 1. The minimum absolute atomic E-state index is 0.0765. The van der Waals surface area contributed by atoms with Crippen molar-refractivity contribution < 1.29 is 13.7 Å². The average Bonchev–Trinajstić information content (AvgIpc) is 3.11. The van der Waals surface area contributed by atoms with Crippen molar-refractivity contribution in [2.75, 3.05) is 12.4 Å². The second-order valence-electron chi connectivity index (χ2n) is 6.36. The van der Waals surface area contributed by atoms with Crippen molar-refractivity contribution >= 4 is 56.3 Å². The highest BCUT2D eigenvalue weighted by molar-refractivity contribution is 7.87. The predicted octanol–water partition coefficient (Wildman–Crippen LogP) is 3.64. The fourth-order valence-electron chi connectivity index (χ4n) is 3.00. The zero-order valence-corrected chi connectivity index (χ0v) is 17.1. The first-order valence-electron chi connectivity index (χ1n) is 8.44. The molecule has 2 heterocycles. The van der Waals surface area contributed by atoms with Gasteiger partial charge in [-0.3, -0.25) is 4.79 Å². The number of anilines is 1. The molecule has 3 atom stereocenters. The second-order valence-corrected chi connectivity index (χ2v) is 9.13. The first kappa shape index (κ1) is 19.6. The van der Waals surface area contributed by atoms with Gasteiger partial charge in [-0.2, -0.15) is 0 Å². The Bertz CT molecular complexity index is 1000. The van der Waals surface area contributed by atoms with E-state index in [0.29, 0.717) is 12.1 Å². The molecule has 2 aromatic carbocycles. The molecule has 1 amide bonds. The Morgan fingerprint density at radius 2 is 2.21 bits per heavy atom. The van der Waals surface area contributed by atoms with E-state index in [4.69, 9.17) is 11.6 Å². The van der Waals surface area contributed by atoms with Crippen molar-refractivity contribution in [2.24, 2.45) is 0 Å². The van der Waals surface area contributed by atoms with Gasteiger partial charge in [0.05, 0.1) is 15.2 Å². The Morgan fingerprint density at radius 1 is 1.43 bits per heavy atom. The summed E-state index contributed by atoms with van der Waals surface area (Å²) in [5.41, 5.74) is 1.25. The fourth-order valence-corrected chi connectivity index (χ4v) is 5.32. The number of nitrogens with one attached hydrogen (secondary N) is 2. The van der Waals surface area contributed by atoms with E-state index in [-0.39, 0.29) is 17.0 Å². The number of hydrogen-bond donors (Lipinski definition) is 2. The van der Waals surface area contributed by atoms with Gasteiger partial charge in [-0.1, -0.05) is 28.0 Å². The van der Waals surface area contributed by atoms with Crippen molar-refractivity contribution in [3.05, 3.63) is 58.3 Å². The molecule has 0 radical (unpaired) electrons. The van der Waals surface area contributed by atoms with Gasteiger partial charge in [0.15, 0.2) is 0 Å². The molecule has 0 saturated carbocycles. The van der Waals surface area contributed by atoms with Gasteiger partial charge in [0.25, 0.3) is 0 Å². The lowest BCUT2D eigenvalue weighted by atomic mass is 10.1. The highest BCUT2D eigenvalue weighted by Crippen LogP contribution is 2.33. The summed E-state index contributed by atoms with van der Waals surface area (Å²) < 4.78 is 31.3. The van der Waals surface area contributed by atoms with Gasteiger partial charge < -0.3 is 9.87 Å². The molecular formula is C18H16ClFN4O2S2. The van der Waals surface area contributed by atoms with Crippen LogP contribution < -0.4 is 10.0 Å². The lowest BCUT2D eigenvalue weighted by Crippen LogP contribution is -2.55. The summed E-state index contributed by atoms with van der Waals surface area (Å²) in [6.45, 7) is 0. The standard InChI is InChI=1S/C18H16ClFN4O2S2/c1-24-15(17(25)21-10-6-7-12(20)11(19)8-10)9-14(23-28(24)26)18-22-13-4-2-3-5-16(13)27-18/h2-8,14-15,23H,9H2,1H3,(H,21,25). The molecule has 28 heavy (non-hydrogen) atoms. The maximum atomic E-state index is 13.3. The van der Waals surface area contributed by atoms with Crippen molar-refractivity contribution in [3.8, 4) is 0 Å². The summed E-state index contributed by atoms with van der Waals surface area (Å²) >= 11 is 5.73. The first-order chi connectivity index (χ1) is 13.4. The van der Waals surface area contributed by atoms with Gasteiger partial charge in [-0.25, -0.2) is 9.37 Å². The molecule has 146 valence electrons. The Kier molecular flexibility index (Phi) is 5.55. The zero-order valence-electron chi connectivity index (χ0n) is 14.7. The number of para-hydroxylation sites is 1. The molecule has 3 unspecified atom stereocenters. The summed E-state index contributed by atoms with van der Waals surface area (Å²) in [5.74, 6) is -0.901. The molecular weight excluding hydrogens is 423 g/mol. The molecule has 1 fully saturated rings. The lowest BCUT2D eigenvalue weighted by molar-refractivity contribution is -0.120. The van der Waals surface area contributed by atoms with E-state index < -0.39 is 23.4 Å². The highest BCUT2D eigenvalue weighted by Gasteiger charge is 2.42. The van der Waals surface area contributed by atoms with Crippen molar-refractivity contribution in [1.29, 1.82) is 0 Å². The first-order valence-corrected chi connectivity index (χ1v) is 10.7. The smallest absolute Gasteiger partial charge is 0.246 e. The summed E-state index contributed by atoms with van der Waals surface area (Å²) in [6, 6.07) is 10.7. The van der Waals surface area contributed by atoms with Gasteiger partial charge in [-0.15, -0.1) is 16.1 Å². The van der Waals surface area contributed by atoms with E-state index in [9.17, 15) is 13.7 Å². The summed E-state index contributed by atoms with van der Waals surface area (Å²) in [7, 11) is 1.61. The van der Waals surface area contributed by atoms with Gasteiger partial charge >= 0.3 is 0 Å². The lowest BCUT2D eigenvalue weighted by Gasteiger charge is -2.35. The molecule has 1 aliphatic rings. The van der Waals surface area contributed by atoms with E-state index in [2.05, 4.69) is 15.0 Å². The Hall–Kier alpha value is -1.75. The molecule has 0 bridgehead atoms. The normalized spacial score (nSPS) is 23.1. The number of thiazole rings is 1. The van der Waals surface area contributed by atoms with Crippen LogP contribution in [-0.4, -0.2) is 32.8 Å². The van der Waals surface area contributed by atoms with Crippen molar-refractivity contribution in [1.82, 2.24) is 14.0 Å². The van der Waals surface area contributed by atoms with E-state index >= 15 is 0 Å². The number of carbonyl (C=O) groups excluding carboxylic acids is 1. The molecule has 1 saturated heterocycles. The predicted molar refractivity (Wildman–Crippen MR) is 110 cm³/mol. The van der Waals surface area contributed by atoms with Crippen LogP contribution in [0.1, 0.15) is 17.5 Å². The van der Waals surface area contributed by atoms with Crippen LogP contribution in [-0.2, 0) is 16.3 Å². The van der Waals surface area contributed by atoms with E-state index in [0.717, 1.165) is 15.2 Å². The molecule has 0 spiro atoms. The van der Waals surface area contributed by atoms with Crippen LogP contribution >= 0.6 is 22.9 Å². The second kappa shape index (κ2) is 7.94. The summed E-state index contributed by atoms with van der Waals surface area (Å²) in [4.78, 5) is 17.4. The Balaban J connectivity index is 1.55.